The van der Waals surface area contributed by atoms with Crippen molar-refractivity contribution in [3.63, 3.8) is 0 Å². The van der Waals surface area contributed by atoms with Gasteiger partial charge in [-0.1, -0.05) is 0 Å². The zero-order valence-corrected chi connectivity index (χ0v) is 16.6. The summed E-state index contributed by atoms with van der Waals surface area (Å²) in [5, 5.41) is 16.5. The Hall–Kier alpha value is -0.676. The average Bonchev–Trinajstić information content (AvgIpc) is 2.97. The number of allylic oxidation sites excluding steroid dienone is 4. The maximum absolute atomic E-state index is 11.7. The van der Waals surface area contributed by atoms with E-state index in [9.17, 15) is 4.79 Å². The minimum atomic E-state index is -0.721. The van der Waals surface area contributed by atoms with E-state index in [1.807, 2.05) is 0 Å². The van der Waals surface area contributed by atoms with Crippen molar-refractivity contribution in [1.29, 1.82) is 0 Å². The van der Waals surface area contributed by atoms with Crippen LogP contribution in [-0.2, 0) is 27.7 Å². The molecule has 0 atom stereocenters. The van der Waals surface area contributed by atoms with Crippen LogP contribution in [0.5, 0.6) is 0 Å². The molecule has 0 heterocycles. The summed E-state index contributed by atoms with van der Waals surface area (Å²) in [5.74, 6) is -0.187. The fraction of sp³-hybridized carbons (Fsp3) is 0.632. The Balaban J connectivity index is 0.000000671. The fourth-order valence-corrected chi connectivity index (χ4v) is 5.80. The van der Waals surface area contributed by atoms with E-state index in [1.54, 1.807) is 29.2 Å². The molecular weight excluding hydrogens is 340 g/mol. The summed E-state index contributed by atoms with van der Waals surface area (Å²) in [7, 11) is 1.50. The van der Waals surface area contributed by atoms with Gasteiger partial charge in [-0.3, -0.25) is 0 Å². The van der Waals surface area contributed by atoms with Crippen LogP contribution < -0.4 is 10.2 Å². The van der Waals surface area contributed by atoms with Gasteiger partial charge in [0.25, 0.3) is 0 Å². The van der Waals surface area contributed by atoms with Gasteiger partial charge in [-0.25, -0.2) is 0 Å². The number of carbonyl (C=O) groups excluding carboxylic acids is 1. The van der Waals surface area contributed by atoms with Gasteiger partial charge in [0.2, 0.25) is 0 Å². The normalized spacial score (nSPS) is 19.0. The molecule has 0 saturated carbocycles. The van der Waals surface area contributed by atoms with Gasteiger partial charge in [0.15, 0.2) is 0 Å². The van der Waals surface area contributed by atoms with E-state index in [2.05, 4.69) is 6.58 Å². The predicted molar refractivity (Wildman–Crippen MR) is 87.5 cm³/mol. The van der Waals surface area contributed by atoms with Gasteiger partial charge in [-0.2, -0.15) is 14.2 Å². The quantitative estimate of drug-likeness (QED) is 0.567. The molecule has 3 aliphatic rings. The summed E-state index contributed by atoms with van der Waals surface area (Å²) < 4.78 is 6.12. The van der Waals surface area contributed by atoms with Crippen molar-refractivity contribution in [2.45, 2.75) is 62.5 Å². The Morgan fingerprint density at radius 1 is 0.958 bits per heavy atom. The van der Waals surface area contributed by atoms with Crippen LogP contribution >= 0.6 is 0 Å². The molecule has 0 unspecified atom stereocenters. The van der Waals surface area contributed by atoms with E-state index in [-0.39, 0.29) is 5.97 Å². The van der Waals surface area contributed by atoms with Gasteiger partial charge in [-0.15, -0.1) is 0 Å². The largest absolute Gasteiger partial charge is 0.857 e. The molecular formula is C19H28O4Ti. The van der Waals surface area contributed by atoms with E-state index in [1.165, 1.54) is 51.4 Å². The van der Waals surface area contributed by atoms with Crippen LogP contribution in [-0.4, -0.2) is 20.2 Å². The minimum absolute atomic E-state index is 0.187. The van der Waals surface area contributed by atoms with Crippen molar-refractivity contribution in [1.82, 2.24) is 0 Å². The second kappa shape index (κ2) is 11.0. The van der Waals surface area contributed by atoms with Gasteiger partial charge < -0.3 is 10.2 Å². The molecule has 0 aromatic rings. The Morgan fingerprint density at radius 3 is 1.79 bits per heavy atom. The maximum Gasteiger partial charge on any atom is -0.153 e. The van der Waals surface area contributed by atoms with E-state index in [0.717, 1.165) is 14.2 Å². The Labute approximate surface area is 155 Å². The van der Waals surface area contributed by atoms with Crippen LogP contribution in [0.25, 0.3) is 0 Å². The minimum Gasteiger partial charge on any atom is -0.857 e. The van der Waals surface area contributed by atoms with Crippen molar-refractivity contribution in [2.75, 3.05) is 14.2 Å². The topological polar surface area (TPSA) is 72.4 Å². The molecule has 0 bridgehead atoms. The zero-order valence-electron chi connectivity index (χ0n) is 15.1. The third-order valence-corrected chi connectivity index (χ3v) is 6.63. The maximum atomic E-state index is 11.7. The molecule has 0 amide bonds. The van der Waals surface area contributed by atoms with Crippen molar-refractivity contribution < 1.29 is 37.9 Å². The molecule has 0 spiro atoms. The number of carbonyl (C=O) groups is 1. The summed E-state index contributed by atoms with van der Waals surface area (Å²) in [6, 6.07) is 0. The van der Waals surface area contributed by atoms with E-state index < -0.39 is 19.5 Å². The SMILES string of the molecule is C=C(C)C(=O)[O][Ti+2][CH]1C2=C(CCCC2)C2=C1CCCC2.C[O-].C[O-]. The second-order valence-corrected chi connectivity index (χ2v) is 7.73. The monoisotopic (exact) mass is 368 g/mol. The van der Waals surface area contributed by atoms with Crippen molar-refractivity contribution >= 4 is 5.97 Å². The predicted octanol–water partition coefficient (Wildman–Crippen LogP) is 2.60. The summed E-state index contributed by atoms with van der Waals surface area (Å²) in [4.78, 5) is 11.7. The Bertz CT molecular complexity index is 487. The van der Waals surface area contributed by atoms with Gasteiger partial charge in [-0.05, 0) is 0 Å². The van der Waals surface area contributed by atoms with Crippen LogP contribution in [0.1, 0.15) is 58.3 Å². The van der Waals surface area contributed by atoms with Crippen LogP contribution in [0.15, 0.2) is 34.4 Å². The average molecular weight is 368 g/mol. The van der Waals surface area contributed by atoms with E-state index in [0.29, 0.717) is 9.80 Å². The van der Waals surface area contributed by atoms with E-state index in [4.69, 9.17) is 13.5 Å². The zero-order chi connectivity index (χ0) is 18.1. The van der Waals surface area contributed by atoms with Crippen LogP contribution in [0.2, 0.25) is 4.22 Å². The molecule has 3 aliphatic carbocycles. The fourth-order valence-electron chi connectivity index (χ4n) is 3.74. The Kier molecular flexibility index (Phi) is 9.83. The third kappa shape index (κ3) is 4.92. The first-order valence-electron chi connectivity index (χ1n) is 8.56. The standard InChI is InChI=1S/C13H17.C4H6O2.2CH3O.Ti/c1-3-7-12-10(5-1)9-11-6-2-4-8-13(11)12;1-3(2)4(5)6;2*1-2;/h9H,1-8H2;1H2,2H3,(H,5,6);2*1H3;/q;;2*-1;+3/p-1. The smallest absolute Gasteiger partial charge is 0.153 e. The molecule has 24 heavy (non-hydrogen) atoms. The molecule has 0 aromatic heterocycles. The second-order valence-electron chi connectivity index (χ2n) is 6.14. The number of hydrogen-bond donors (Lipinski definition) is 0. The molecule has 0 radical (unpaired) electrons. The third-order valence-electron chi connectivity index (χ3n) is 4.70. The molecule has 4 nitrogen and oxygen atoms in total. The molecule has 0 aliphatic heterocycles. The van der Waals surface area contributed by atoms with Crippen LogP contribution in [0.3, 0.4) is 0 Å². The van der Waals surface area contributed by atoms with Gasteiger partial charge in [0.05, 0.1) is 0 Å². The number of hydrogen-bond acceptors (Lipinski definition) is 4. The van der Waals surface area contributed by atoms with Crippen LogP contribution in [0.4, 0.5) is 0 Å². The van der Waals surface area contributed by atoms with Gasteiger partial charge in [0, 0.05) is 0 Å². The molecule has 0 fully saturated rings. The molecule has 0 aromatic carbocycles. The summed E-state index contributed by atoms with van der Waals surface area (Å²) in [5.41, 5.74) is 7.18. The molecule has 5 heteroatoms. The van der Waals surface area contributed by atoms with Crippen molar-refractivity contribution in [2.24, 2.45) is 0 Å². The first-order valence-corrected chi connectivity index (χ1v) is 10.1. The van der Waals surface area contributed by atoms with Crippen LogP contribution in [0, 0.1) is 0 Å². The Morgan fingerprint density at radius 2 is 1.38 bits per heavy atom. The van der Waals surface area contributed by atoms with Crippen molar-refractivity contribution in [3.05, 3.63) is 34.4 Å². The first kappa shape index (κ1) is 21.4. The van der Waals surface area contributed by atoms with E-state index >= 15 is 0 Å². The van der Waals surface area contributed by atoms with Gasteiger partial charge in [0.1, 0.15) is 0 Å². The summed E-state index contributed by atoms with van der Waals surface area (Å²) in [6.07, 6.45) is 10.3. The number of fused-ring (bicyclic) bond motifs is 1. The molecule has 0 saturated heterocycles. The van der Waals surface area contributed by atoms with Crippen molar-refractivity contribution in [3.8, 4) is 0 Å². The molecule has 132 valence electrons. The van der Waals surface area contributed by atoms with Gasteiger partial charge >= 0.3 is 131 Å². The summed E-state index contributed by atoms with van der Waals surface area (Å²) >= 11 is -0.721. The number of rotatable bonds is 3. The first-order chi connectivity index (χ1) is 11.7. The summed E-state index contributed by atoms with van der Waals surface area (Å²) in [6.45, 7) is 5.42. The molecule has 3 rings (SSSR count). The molecule has 0 N–H and O–H groups in total.